The Labute approximate surface area is 224 Å². The number of carbonyl (C=O) groups excluding carboxylic acids is 4. The van der Waals surface area contributed by atoms with Crippen molar-refractivity contribution < 1.29 is 42.9 Å². The first-order valence-electron chi connectivity index (χ1n) is 13.8. The number of esters is 3. The van der Waals surface area contributed by atoms with Gasteiger partial charge in [-0.3, -0.25) is 19.2 Å². The topological polar surface area (TPSA) is 114 Å². The van der Waals surface area contributed by atoms with Crippen LogP contribution in [0.4, 0.5) is 0 Å². The van der Waals surface area contributed by atoms with Crippen molar-refractivity contribution in [3.8, 4) is 0 Å². The maximum Gasteiger partial charge on any atom is 0.303 e. The van der Waals surface area contributed by atoms with Gasteiger partial charge in [0.15, 0.2) is 5.79 Å². The molecule has 5 aliphatic rings. The lowest BCUT2D eigenvalue weighted by Gasteiger charge is -2.53. The fraction of sp³-hybridized carbons (Fsp3) is 0.862. The molecule has 0 aromatic rings. The predicted octanol–water partition coefficient (Wildman–Crippen LogP) is 3.89. The van der Waals surface area contributed by atoms with E-state index < -0.39 is 69.5 Å². The molecule has 0 radical (unpaired) electrons. The van der Waals surface area contributed by atoms with Crippen molar-refractivity contribution in [1.82, 2.24) is 0 Å². The van der Waals surface area contributed by atoms with Gasteiger partial charge in [-0.15, -0.1) is 0 Å². The van der Waals surface area contributed by atoms with E-state index in [0.29, 0.717) is 25.7 Å². The molecule has 1 aliphatic heterocycles. The molecule has 1 unspecified atom stereocenters. The number of ether oxygens (including phenoxy) is 5. The summed E-state index contributed by atoms with van der Waals surface area (Å²) in [6.45, 7) is 15.5. The van der Waals surface area contributed by atoms with E-state index in [-0.39, 0.29) is 24.0 Å². The Hall–Kier alpha value is -2.00. The number of hydrogen-bond acceptors (Lipinski definition) is 9. The van der Waals surface area contributed by atoms with Gasteiger partial charge in [0.2, 0.25) is 0 Å². The molecule has 9 heteroatoms. The van der Waals surface area contributed by atoms with E-state index in [2.05, 4.69) is 0 Å². The molecule has 9 atom stereocenters. The highest BCUT2D eigenvalue weighted by Crippen LogP contribution is 2.73. The van der Waals surface area contributed by atoms with E-state index >= 15 is 0 Å². The number of carbonyl (C=O) groups is 4. The predicted molar refractivity (Wildman–Crippen MR) is 133 cm³/mol. The van der Waals surface area contributed by atoms with Gasteiger partial charge in [0, 0.05) is 50.4 Å². The van der Waals surface area contributed by atoms with Crippen molar-refractivity contribution in [3.63, 3.8) is 0 Å². The second kappa shape index (κ2) is 8.03. The fourth-order valence-electron chi connectivity index (χ4n) is 9.88. The Kier molecular flexibility index (Phi) is 5.82. The van der Waals surface area contributed by atoms with Crippen LogP contribution in [0, 0.1) is 28.6 Å². The molecule has 1 saturated heterocycles. The molecule has 38 heavy (non-hydrogen) atoms. The standard InChI is InChI=1S/C29H42O9/c1-15(30)34-23-18-10-11-19-27(9,36-17(3)32)20-12-21(33)24(4,5)29(20)22(37-25(6,7)38-29)13-28(19,23)14-26(18,8)35-16(2)31/h18-20,22-23H,10-14H2,1-9H3/t18-,19+,20+,22-,23?,26-,27-,28+,29+/m1/s1. The Morgan fingerprint density at radius 1 is 0.868 bits per heavy atom. The van der Waals surface area contributed by atoms with Crippen molar-refractivity contribution in [3.05, 3.63) is 0 Å². The van der Waals surface area contributed by atoms with Gasteiger partial charge in [-0.1, -0.05) is 13.8 Å². The number of fused-ring (bicyclic) bond motifs is 1. The van der Waals surface area contributed by atoms with Gasteiger partial charge in [0.1, 0.15) is 28.7 Å². The smallest absolute Gasteiger partial charge is 0.303 e. The molecule has 5 rings (SSSR count). The summed E-state index contributed by atoms with van der Waals surface area (Å²) in [6, 6.07) is 0. The van der Waals surface area contributed by atoms with E-state index in [4.69, 9.17) is 23.7 Å². The lowest BCUT2D eigenvalue weighted by Crippen LogP contribution is -2.61. The largest absolute Gasteiger partial charge is 0.461 e. The molecule has 9 nitrogen and oxygen atoms in total. The average Bonchev–Trinajstić information content (AvgIpc) is 3.14. The number of hydrogen-bond donors (Lipinski definition) is 0. The van der Waals surface area contributed by atoms with E-state index in [9.17, 15) is 19.2 Å². The summed E-state index contributed by atoms with van der Waals surface area (Å²) in [4.78, 5) is 51.2. The zero-order chi connectivity index (χ0) is 28.3. The number of rotatable bonds is 3. The van der Waals surface area contributed by atoms with Crippen LogP contribution in [-0.2, 0) is 42.9 Å². The van der Waals surface area contributed by atoms with Crippen LogP contribution in [0.3, 0.4) is 0 Å². The molecular weight excluding hydrogens is 492 g/mol. The molecule has 0 amide bonds. The average molecular weight is 535 g/mol. The molecule has 5 fully saturated rings. The van der Waals surface area contributed by atoms with Crippen LogP contribution in [0.5, 0.6) is 0 Å². The summed E-state index contributed by atoms with van der Waals surface area (Å²) in [5, 5.41) is 0. The molecule has 0 aromatic carbocycles. The van der Waals surface area contributed by atoms with Crippen LogP contribution in [0.1, 0.15) is 94.4 Å². The lowest BCUT2D eigenvalue weighted by molar-refractivity contribution is -0.237. The van der Waals surface area contributed by atoms with Gasteiger partial charge in [-0.25, -0.2) is 0 Å². The Morgan fingerprint density at radius 2 is 1.50 bits per heavy atom. The van der Waals surface area contributed by atoms with Crippen LogP contribution in [0.25, 0.3) is 0 Å². The number of ketones is 1. The summed E-state index contributed by atoms with van der Waals surface area (Å²) in [6.07, 6.45) is 1.15. The quantitative estimate of drug-likeness (QED) is 0.393. The third-order valence-corrected chi connectivity index (χ3v) is 10.7. The first kappa shape index (κ1) is 27.6. The van der Waals surface area contributed by atoms with Crippen molar-refractivity contribution in [1.29, 1.82) is 0 Å². The molecule has 0 aromatic heterocycles. The molecule has 212 valence electrons. The van der Waals surface area contributed by atoms with Crippen molar-refractivity contribution in [2.24, 2.45) is 28.6 Å². The number of Topliss-reactive ketones (excluding diaryl/α,β-unsaturated/α-hetero) is 1. The maximum atomic E-state index is 13.6. The highest BCUT2D eigenvalue weighted by Gasteiger charge is 2.82. The molecule has 0 N–H and O–H groups in total. The van der Waals surface area contributed by atoms with Crippen molar-refractivity contribution in [2.75, 3.05) is 0 Å². The molecule has 1 heterocycles. The molecule has 2 spiro atoms. The third kappa shape index (κ3) is 3.42. The summed E-state index contributed by atoms with van der Waals surface area (Å²) in [5.41, 5.74) is -4.74. The van der Waals surface area contributed by atoms with Crippen molar-refractivity contribution >= 4 is 23.7 Å². The van der Waals surface area contributed by atoms with E-state index in [1.807, 2.05) is 41.5 Å². The minimum atomic E-state index is -1.13. The fourth-order valence-corrected chi connectivity index (χ4v) is 9.88. The summed E-state index contributed by atoms with van der Waals surface area (Å²) < 4.78 is 31.9. The highest BCUT2D eigenvalue weighted by molar-refractivity contribution is 5.89. The minimum absolute atomic E-state index is 0.0459. The van der Waals surface area contributed by atoms with Crippen LogP contribution in [0.15, 0.2) is 0 Å². The van der Waals surface area contributed by atoms with Gasteiger partial charge in [0.25, 0.3) is 0 Å². The monoisotopic (exact) mass is 534 g/mol. The third-order valence-electron chi connectivity index (χ3n) is 10.7. The summed E-state index contributed by atoms with van der Waals surface area (Å²) >= 11 is 0. The first-order valence-corrected chi connectivity index (χ1v) is 13.8. The van der Waals surface area contributed by atoms with Gasteiger partial charge < -0.3 is 23.7 Å². The zero-order valence-corrected chi connectivity index (χ0v) is 24.1. The van der Waals surface area contributed by atoms with E-state index in [1.54, 1.807) is 0 Å². The second-order valence-corrected chi connectivity index (χ2v) is 13.8. The molecule has 4 aliphatic carbocycles. The van der Waals surface area contributed by atoms with Crippen molar-refractivity contribution in [2.45, 2.75) is 129 Å². The molecular formula is C29H42O9. The molecule has 2 bridgehead atoms. The van der Waals surface area contributed by atoms with E-state index in [1.165, 1.54) is 20.8 Å². The van der Waals surface area contributed by atoms with Gasteiger partial charge >= 0.3 is 17.9 Å². The first-order chi connectivity index (χ1) is 17.3. The normalized spacial score (nSPS) is 47.8. The highest BCUT2D eigenvalue weighted by atomic mass is 16.8. The second-order valence-electron chi connectivity index (χ2n) is 13.8. The van der Waals surface area contributed by atoms with Crippen LogP contribution < -0.4 is 0 Å². The Balaban J connectivity index is 1.78. The summed E-state index contributed by atoms with van der Waals surface area (Å²) in [7, 11) is 0. The van der Waals surface area contributed by atoms with Gasteiger partial charge in [-0.05, 0) is 53.4 Å². The maximum absolute atomic E-state index is 13.6. The Morgan fingerprint density at radius 3 is 2.08 bits per heavy atom. The molecule has 4 saturated carbocycles. The van der Waals surface area contributed by atoms with Crippen LogP contribution >= 0.6 is 0 Å². The van der Waals surface area contributed by atoms with Gasteiger partial charge in [0.05, 0.1) is 11.5 Å². The van der Waals surface area contributed by atoms with E-state index in [0.717, 1.165) is 0 Å². The van der Waals surface area contributed by atoms with Gasteiger partial charge in [-0.2, -0.15) is 0 Å². The SMILES string of the molecule is CC(=O)OC1[C@H]2CC[C@@H]3[C@]1(C[C@H]1OC(C)(C)O[C@@]14[C@@H](CC(=O)C4(C)C)[C@]3(C)OC(C)=O)C[C@@]2(C)OC(C)=O. The summed E-state index contributed by atoms with van der Waals surface area (Å²) in [5.74, 6) is -3.20. The lowest BCUT2D eigenvalue weighted by atomic mass is 9.57. The minimum Gasteiger partial charge on any atom is -0.461 e. The Bertz CT molecular complexity index is 1100. The van der Waals surface area contributed by atoms with Crippen LogP contribution in [0.2, 0.25) is 0 Å². The van der Waals surface area contributed by atoms with Crippen LogP contribution in [-0.4, -0.2) is 58.5 Å². The zero-order valence-electron chi connectivity index (χ0n) is 24.1.